The van der Waals surface area contributed by atoms with Crippen LogP contribution in [0.25, 0.3) is 0 Å². The predicted molar refractivity (Wildman–Crippen MR) is 101 cm³/mol. The molecule has 5 nitrogen and oxygen atoms in total. The van der Waals surface area contributed by atoms with Crippen LogP contribution in [-0.2, 0) is 16.1 Å². The Bertz CT molecular complexity index is 630. The fraction of sp³-hybridized carbons (Fsp3) is 0.500. The lowest BCUT2D eigenvalue weighted by Crippen LogP contribution is -2.36. The van der Waals surface area contributed by atoms with E-state index in [1.807, 2.05) is 65.0 Å². The van der Waals surface area contributed by atoms with Crippen molar-refractivity contribution in [1.29, 1.82) is 0 Å². The summed E-state index contributed by atoms with van der Waals surface area (Å²) in [5, 5.41) is 2.93. The van der Waals surface area contributed by atoms with E-state index < -0.39 is 5.60 Å². The summed E-state index contributed by atoms with van der Waals surface area (Å²) >= 11 is 0. The van der Waals surface area contributed by atoms with Gasteiger partial charge in [-0.05, 0) is 52.7 Å². The summed E-state index contributed by atoms with van der Waals surface area (Å²) in [6.07, 6.45) is 2.33. The molecule has 0 radical (unpaired) electrons. The molecule has 0 bridgehead atoms. The fourth-order valence-electron chi connectivity index (χ4n) is 2.24. The Morgan fingerprint density at radius 1 is 1.20 bits per heavy atom. The van der Waals surface area contributed by atoms with Gasteiger partial charge in [-0.15, -0.1) is 0 Å². The quantitative estimate of drug-likeness (QED) is 0.757. The zero-order valence-electron chi connectivity index (χ0n) is 16.2. The normalized spacial score (nSPS) is 11.8. The second kappa shape index (κ2) is 9.25. The van der Waals surface area contributed by atoms with Gasteiger partial charge in [0.05, 0.1) is 6.54 Å². The number of hydrogen-bond donors (Lipinski definition) is 1. The Hall–Kier alpha value is -2.30. The molecule has 0 spiro atoms. The van der Waals surface area contributed by atoms with Crippen molar-refractivity contribution in [3.05, 3.63) is 41.5 Å². The Balaban J connectivity index is 2.93. The summed E-state index contributed by atoms with van der Waals surface area (Å²) in [4.78, 5) is 26.2. The summed E-state index contributed by atoms with van der Waals surface area (Å²) < 4.78 is 5.44. The van der Waals surface area contributed by atoms with Crippen molar-refractivity contribution < 1.29 is 14.3 Å². The molecule has 0 saturated carbocycles. The third-order valence-corrected chi connectivity index (χ3v) is 3.53. The van der Waals surface area contributed by atoms with E-state index in [2.05, 4.69) is 5.32 Å². The predicted octanol–water partition coefficient (Wildman–Crippen LogP) is 4.74. The number of benzene rings is 1. The van der Waals surface area contributed by atoms with Crippen molar-refractivity contribution in [2.45, 2.75) is 60.1 Å². The number of anilines is 1. The second-order valence-corrected chi connectivity index (χ2v) is 6.90. The van der Waals surface area contributed by atoms with Crippen LogP contribution >= 0.6 is 0 Å². The number of hydrogen-bond acceptors (Lipinski definition) is 3. The van der Waals surface area contributed by atoms with E-state index in [1.165, 1.54) is 0 Å². The van der Waals surface area contributed by atoms with E-state index in [-0.39, 0.29) is 12.0 Å². The Labute approximate surface area is 151 Å². The minimum absolute atomic E-state index is 0.130. The smallest absolute Gasteiger partial charge is 0.410 e. The first-order chi connectivity index (χ1) is 11.7. The van der Waals surface area contributed by atoms with Crippen LogP contribution in [-0.4, -0.2) is 29.0 Å². The highest BCUT2D eigenvalue weighted by Gasteiger charge is 2.22. The molecular weight excluding hydrogens is 316 g/mol. The van der Waals surface area contributed by atoms with Gasteiger partial charge in [0.2, 0.25) is 0 Å². The monoisotopic (exact) mass is 346 g/mol. The number of allylic oxidation sites excluding steroid dienone is 1. The third-order valence-electron chi connectivity index (χ3n) is 3.53. The molecule has 1 rings (SSSR count). The first-order valence-electron chi connectivity index (χ1n) is 8.71. The molecule has 138 valence electrons. The van der Waals surface area contributed by atoms with E-state index >= 15 is 0 Å². The highest BCUT2D eigenvalue weighted by molar-refractivity contribution is 6.03. The molecule has 1 N–H and O–H groups in total. The van der Waals surface area contributed by atoms with Crippen LogP contribution in [0.15, 0.2) is 35.9 Å². The first-order valence-corrected chi connectivity index (χ1v) is 8.71. The van der Waals surface area contributed by atoms with Gasteiger partial charge in [0.25, 0.3) is 5.91 Å². The van der Waals surface area contributed by atoms with Crippen LogP contribution in [0.3, 0.4) is 0 Å². The van der Waals surface area contributed by atoms with Crippen LogP contribution in [0, 0.1) is 0 Å². The van der Waals surface area contributed by atoms with E-state index in [9.17, 15) is 9.59 Å². The third kappa shape index (κ3) is 6.99. The molecule has 0 heterocycles. The number of para-hydroxylation sites is 1. The van der Waals surface area contributed by atoms with E-state index in [0.717, 1.165) is 12.0 Å². The van der Waals surface area contributed by atoms with Gasteiger partial charge in [-0.2, -0.15) is 0 Å². The molecule has 0 fully saturated rings. The molecule has 0 aliphatic carbocycles. The molecule has 0 saturated heterocycles. The molecular formula is C20H30N2O3. The maximum Gasteiger partial charge on any atom is 0.410 e. The molecule has 5 heteroatoms. The molecule has 0 aliphatic rings. The minimum Gasteiger partial charge on any atom is -0.444 e. The maximum atomic E-state index is 12.3. The number of nitrogens with one attached hydrogen (secondary N) is 1. The number of rotatable bonds is 6. The van der Waals surface area contributed by atoms with E-state index in [0.29, 0.717) is 24.4 Å². The van der Waals surface area contributed by atoms with Crippen molar-refractivity contribution in [3.63, 3.8) is 0 Å². The average molecular weight is 346 g/mol. The number of nitrogens with zero attached hydrogens (tertiary/aromatic N) is 1. The highest BCUT2D eigenvalue weighted by atomic mass is 16.6. The highest BCUT2D eigenvalue weighted by Crippen LogP contribution is 2.20. The molecule has 1 aromatic carbocycles. The van der Waals surface area contributed by atoms with Gasteiger partial charge in [-0.25, -0.2) is 4.79 Å². The van der Waals surface area contributed by atoms with Gasteiger partial charge in [0.15, 0.2) is 0 Å². The Morgan fingerprint density at radius 2 is 1.84 bits per heavy atom. The number of ether oxygens (including phenoxy) is 1. The van der Waals surface area contributed by atoms with Gasteiger partial charge >= 0.3 is 6.09 Å². The topological polar surface area (TPSA) is 58.6 Å². The van der Waals surface area contributed by atoms with E-state index in [1.54, 1.807) is 11.8 Å². The number of carbonyl (C=O) groups excluding carboxylic acids is 2. The molecule has 0 aliphatic heterocycles. The Morgan fingerprint density at radius 3 is 2.40 bits per heavy atom. The lowest BCUT2D eigenvalue weighted by atomic mass is 10.1. The van der Waals surface area contributed by atoms with Gasteiger partial charge in [-0.3, -0.25) is 4.79 Å². The van der Waals surface area contributed by atoms with Crippen LogP contribution < -0.4 is 5.32 Å². The van der Waals surface area contributed by atoms with Gasteiger partial charge in [-0.1, -0.05) is 31.2 Å². The fourth-order valence-corrected chi connectivity index (χ4v) is 2.24. The van der Waals surface area contributed by atoms with E-state index in [4.69, 9.17) is 4.74 Å². The van der Waals surface area contributed by atoms with Gasteiger partial charge < -0.3 is 15.0 Å². The lowest BCUT2D eigenvalue weighted by molar-refractivity contribution is -0.112. The average Bonchev–Trinajstić information content (AvgIpc) is 2.52. The second-order valence-electron chi connectivity index (χ2n) is 6.90. The summed E-state index contributed by atoms with van der Waals surface area (Å²) in [7, 11) is 0. The van der Waals surface area contributed by atoms with Gasteiger partial charge in [0, 0.05) is 17.8 Å². The summed E-state index contributed by atoms with van der Waals surface area (Å²) in [5.74, 6) is -0.130. The van der Waals surface area contributed by atoms with Crippen molar-refractivity contribution in [3.8, 4) is 0 Å². The summed E-state index contributed by atoms with van der Waals surface area (Å²) in [6.45, 7) is 12.1. The summed E-state index contributed by atoms with van der Waals surface area (Å²) in [6, 6.07) is 7.50. The first kappa shape index (κ1) is 20.7. The van der Waals surface area contributed by atoms with Crippen LogP contribution in [0.4, 0.5) is 10.5 Å². The van der Waals surface area contributed by atoms with Crippen molar-refractivity contribution in [1.82, 2.24) is 4.90 Å². The van der Waals surface area contributed by atoms with Crippen LogP contribution in [0.5, 0.6) is 0 Å². The van der Waals surface area contributed by atoms with Crippen molar-refractivity contribution >= 4 is 17.7 Å². The SMILES string of the molecule is CCC=C(C)C(=O)Nc1ccccc1CN(CC)C(=O)OC(C)(C)C. The summed E-state index contributed by atoms with van der Waals surface area (Å²) in [5.41, 5.74) is 1.71. The minimum atomic E-state index is -0.541. The largest absolute Gasteiger partial charge is 0.444 e. The van der Waals surface area contributed by atoms with Crippen LogP contribution in [0.2, 0.25) is 0 Å². The maximum absolute atomic E-state index is 12.3. The zero-order valence-corrected chi connectivity index (χ0v) is 16.2. The lowest BCUT2D eigenvalue weighted by Gasteiger charge is -2.27. The molecule has 0 unspecified atom stereocenters. The van der Waals surface area contributed by atoms with Gasteiger partial charge in [0.1, 0.15) is 5.60 Å². The van der Waals surface area contributed by atoms with Crippen molar-refractivity contribution in [2.75, 3.05) is 11.9 Å². The van der Waals surface area contributed by atoms with Crippen molar-refractivity contribution in [2.24, 2.45) is 0 Å². The Kier molecular flexibility index (Phi) is 7.68. The molecule has 0 aromatic heterocycles. The number of carbonyl (C=O) groups is 2. The molecule has 2 amide bonds. The number of amides is 2. The molecule has 0 atom stereocenters. The standard InChI is InChI=1S/C20H30N2O3/c1-7-11-15(3)18(23)21-17-13-10-9-12-16(17)14-22(8-2)19(24)25-20(4,5)6/h9-13H,7-8,14H2,1-6H3,(H,21,23). The zero-order chi connectivity index (χ0) is 19.0. The molecule has 25 heavy (non-hydrogen) atoms. The molecule has 1 aromatic rings. The van der Waals surface area contributed by atoms with Crippen LogP contribution in [0.1, 0.15) is 53.5 Å².